The molecule has 0 bridgehead atoms. The second-order valence-electron chi connectivity index (χ2n) is 10.0. The minimum Gasteiger partial charge on any atom is -0.481 e. The van der Waals surface area contributed by atoms with Crippen LogP contribution in [-0.2, 0) is 24.0 Å². The molecular formula is C31H49N3O9S. The van der Waals surface area contributed by atoms with Crippen LogP contribution in [0.25, 0.3) is 0 Å². The van der Waals surface area contributed by atoms with Crippen LogP contribution in [0.4, 0.5) is 0 Å². The molecule has 2 amide bonds. The average molecular weight is 640 g/mol. The summed E-state index contributed by atoms with van der Waals surface area (Å²) in [6.07, 6.45) is 19.8. The molecular weight excluding hydrogens is 590 g/mol. The molecule has 0 aromatic heterocycles. The third-order valence-electron chi connectivity index (χ3n) is 6.28. The fourth-order valence-corrected chi connectivity index (χ4v) is 5.00. The van der Waals surface area contributed by atoms with E-state index < -0.39 is 59.7 Å². The van der Waals surface area contributed by atoms with Crippen LogP contribution in [0.15, 0.2) is 48.6 Å². The van der Waals surface area contributed by atoms with Crippen LogP contribution in [0.3, 0.4) is 0 Å². The van der Waals surface area contributed by atoms with Gasteiger partial charge in [-0.1, -0.05) is 68.4 Å². The molecule has 13 heteroatoms. The van der Waals surface area contributed by atoms with Gasteiger partial charge in [-0.25, -0.2) is 0 Å². The van der Waals surface area contributed by atoms with Crippen molar-refractivity contribution in [2.24, 2.45) is 0 Å². The molecule has 0 radical (unpaired) electrons. The molecule has 0 unspecified atom stereocenters. The van der Waals surface area contributed by atoms with Gasteiger partial charge in [0.15, 0.2) is 0 Å². The summed E-state index contributed by atoms with van der Waals surface area (Å²) in [6.45, 7) is 1.51. The van der Waals surface area contributed by atoms with Crippen molar-refractivity contribution >= 4 is 41.5 Å². The molecule has 248 valence electrons. The van der Waals surface area contributed by atoms with Crippen LogP contribution in [0, 0.1) is 0 Å². The molecule has 0 aliphatic carbocycles. The van der Waals surface area contributed by atoms with E-state index in [9.17, 15) is 29.1 Å². The smallest absolute Gasteiger partial charge is 0.322 e. The van der Waals surface area contributed by atoms with E-state index in [1.54, 1.807) is 18.2 Å². The van der Waals surface area contributed by atoms with Crippen molar-refractivity contribution in [2.75, 3.05) is 19.3 Å². The molecule has 0 spiro atoms. The van der Waals surface area contributed by atoms with Crippen molar-refractivity contribution in [2.45, 2.75) is 94.6 Å². The monoisotopic (exact) mass is 639 g/mol. The van der Waals surface area contributed by atoms with Crippen LogP contribution < -0.4 is 16.0 Å². The number of allylic oxidation sites excluding steroid dienone is 7. The van der Waals surface area contributed by atoms with Gasteiger partial charge in [0.2, 0.25) is 11.8 Å². The molecule has 0 rings (SSSR count). The number of nitrogens with one attached hydrogen (secondary N) is 3. The molecule has 0 aromatic carbocycles. The number of carbonyl (C=O) groups excluding carboxylic acids is 2. The van der Waals surface area contributed by atoms with Gasteiger partial charge >= 0.3 is 17.9 Å². The number of thioether (sulfide) groups is 1. The highest BCUT2D eigenvalue weighted by atomic mass is 32.2. The van der Waals surface area contributed by atoms with Crippen molar-refractivity contribution in [1.82, 2.24) is 16.0 Å². The number of carbonyl (C=O) groups is 5. The lowest BCUT2D eigenvalue weighted by Crippen LogP contribution is -2.50. The highest BCUT2D eigenvalue weighted by Crippen LogP contribution is 2.22. The Morgan fingerprint density at radius 1 is 0.818 bits per heavy atom. The van der Waals surface area contributed by atoms with Crippen molar-refractivity contribution in [3.05, 3.63) is 48.6 Å². The second-order valence-corrected chi connectivity index (χ2v) is 11.2. The van der Waals surface area contributed by atoms with Crippen LogP contribution in [-0.4, -0.2) is 92.9 Å². The summed E-state index contributed by atoms with van der Waals surface area (Å²) in [5.74, 6) is -4.76. The summed E-state index contributed by atoms with van der Waals surface area (Å²) >= 11 is 1.14. The van der Waals surface area contributed by atoms with E-state index in [1.165, 1.54) is 26.3 Å². The predicted octanol–water partition coefficient (Wildman–Crippen LogP) is 3.04. The minimum atomic E-state index is -1.27. The molecule has 0 aliphatic heterocycles. The van der Waals surface area contributed by atoms with Crippen LogP contribution in [0.5, 0.6) is 0 Å². The van der Waals surface area contributed by atoms with Gasteiger partial charge in [0.25, 0.3) is 0 Å². The predicted molar refractivity (Wildman–Crippen MR) is 171 cm³/mol. The maximum atomic E-state index is 12.7. The van der Waals surface area contributed by atoms with Gasteiger partial charge in [-0.15, -0.1) is 11.8 Å². The zero-order chi connectivity index (χ0) is 33.2. The molecule has 0 saturated heterocycles. The summed E-state index contributed by atoms with van der Waals surface area (Å²) in [4.78, 5) is 58.3. The molecule has 4 atom stereocenters. The fraction of sp³-hybridized carbons (Fsp3) is 0.581. The third kappa shape index (κ3) is 22.2. The van der Waals surface area contributed by atoms with Crippen molar-refractivity contribution in [1.29, 1.82) is 0 Å². The highest BCUT2D eigenvalue weighted by molar-refractivity contribution is 8.00. The van der Waals surface area contributed by atoms with E-state index in [4.69, 9.17) is 15.3 Å². The van der Waals surface area contributed by atoms with Gasteiger partial charge < -0.3 is 36.4 Å². The lowest BCUT2D eigenvalue weighted by Gasteiger charge is -2.23. The number of likely N-dealkylation sites (N-methyl/N-ethyl adjacent to an activating group) is 1. The number of aliphatic hydroxyl groups excluding tert-OH is 1. The lowest BCUT2D eigenvalue weighted by atomic mass is 10.1. The third-order valence-corrected chi connectivity index (χ3v) is 7.66. The molecule has 0 heterocycles. The van der Waals surface area contributed by atoms with Gasteiger partial charge in [0.1, 0.15) is 18.6 Å². The molecule has 12 nitrogen and oxygen atoms in total. The van der Waals surface area contributed by atoms with Crippen LogP contribution >= 0.6 is 11.8 Å². The van der Waals surface area contributed by atoms with E-state index in [2.05, 4.69) is 35.0 Å². The zero-order valence-corrected chi connectivity index (χ0v) is 26.5. The lowest BCUT2D eigenvalue weighted by molar-refractivity contribution is -0.140. The first-order valence-corrected chi connectivity index (χ1v) is 15.9. The van der Waals surface area contributed by atoms with Gasteiger partial charge in [0.05, 0.1) is 6.10 Å². The molecule has 0 fully saturated rings. The molecule has 0 aliphatic rings. The summed E-state index contributed by atoms with van der Waals surface area (Å²) in [6, 6.07) is -2.12. The number of hydrogen-bond acceptors (Lipinski definition) is 8. The average Bonchev–Trinajstić information content (AvgIpc) is 2.97. The Balaban J connectivity index is 5.43. The van der Waals surface area contributed by atoms with Crippen molar-refractivity contribution in [3.63, 3.8) is 0 Å². The topological polar surface area (TPSA) is 202 Å². The Hall–Kier alpha value is -3.42. The molecule has 0 saturated carbocycles. The maximum Gasteiger partial charge on any atom is 0.322 e. The largest absolute Gasteiger partial charge is 0.481 e. The summed E-state index contributed by atoms with van der Waals surface area (Å²) in [5.41, 5.74) is 0. The highest BCUT2D eigenvalue weighted by Gasteiger charge is 2.26. The number of hydrogen-bond donors (Lipinski definition) is 7. The summed E-state index contributed by atoms with van der Waals surface area (Å²) < 4.78 is 0. The quantitative estimate of drug-likeness (QED) is 0.0416. The summed E-state index contributed by atoms with van der Waals surface area (Å²) in [7, 11) is 1.45. The zero-order valence-electron chi connectivity index (χ0n) is 25.7. The molecule has 7 N–H and O–H groups in total. The standard InChI is InChI=1S/C31H49N3O9S/c1-3-4-5-6-7-8-9-10-11-12-13-14-17-26(25(35)16-15-18-28(37)38)44-22-24(30(41)33-21-29(39)40)34-27(36)20-19-23(32-2)31(42)43/h7-8,10-14,17,23-26,32,35H,3-6,9,15-16,18-22H2,1-2H3,(H,33,41)(H,34,36)(H,37,38)(H,39,40)(H,42,43)/b8-7-,11-10+,13-12+,17-14+/t23-,24-,25-,26+/m0/s1. The minimum absolute atomic E-state index is 0.0298. The van der Waals surface area contributed by atoms with Crippen molar-refractivity contribution < 1.29 is 44.4 Å². The van der Waals surface area contributed by atoms with Gasteiger partial charge in [-0.05, 0) is 45.6 Å². The SMILES string of the molecule is CCCCC/C=C\C/C=C/C=C/C=C/[C@@H](SC[C@H](NC(=O)CC[C@H](NC)C(=O)O)C(=O)NCC(=O)O)[C@@H](O)CCCC(=O)O. The number of aliphatic hydroxyl groups is 1. The first-order chi connectivity index (χ1) is 21.0. The van der Waals surface area contributed by atoms with Crippen LogP contribution in [0.2, 0.25) is 0 Å². The molecule has 44 heavy (non-hydrogen) atoms. The Morgan fingerprint density at radius 3 is 2.18 bits per heavy atom. The maximum absolute atomic E-state index is 12.7. The first-order valence-electron chi connectivity index (χ1n) is 14.9. The van der Waals surface area contributed by atoms with Gasteiger partial charge in [0, 0.05) is 23.8 Å². The fourth-order valence-electron chi connectivity index (χ4n) is 3.79. The van der Waals surface area contributed by atoms with E-state index in [-0.39, 0.29) is 37.9 Å². The van der Waals surface area contributed by atoms with Crippen molar-refractivity contribution in [3.8, 4) is 0 Å². The second kappa shape index (κ2) is 26.0. The Kier molecular flexibility index (Phi) is 24.0. The van der Waals surface area contributed by atoms with Crippen LogP contribution in [0.1, 0.15) is 71.1 Å². The van der Waals surface area contributed by atoms with E-state index in [1.807, 2.05) is 18.2 Å². The van der Waals surface area contributed by atoms with E-state index in [0.29, 0.717) is 0 Å². The Bertz CT molecular complexity index is 998. The normalized spacial score (nSPS) is 14.6. The number of amides is 2. The van der Waals surface area contributed by atoms with E-state index >= 15 is 0 Å². The van der Waals surface area contributed by atoms with Gasteiger partial charge in [-0.2, -0.15) is 0 Å². The number of carboxylic acid groups (broad SMARTS) is 3. The number of carboxylic acids is 3. The molecule has 0 aromatic rings. The number of aliphatic carboxylic acids is 3. The summed E-state index contributed by atoms with van der Waals surface area (Å²) in [5, 5.41) is 44.6. The number of rotatable bonds is 26. The van der Waals surface area contributed by atoms with E-state index in [0.717, 1.165) is 24.6 Å². The Labute approximate surface area is 264 Å². The Morgan fingerprint density at radius 2 is 1.55 bits per heavy atom. The van der Waals surface area contributed by atoms with Gasteiger partial charge in [-0.3, -0.25) is 24.0 Å². The number of unbranched alkanes of at least 4 members (excludes halogenated alkanes) is 3. The first kappa shape index (κ1) is 40.6.